The number of hydrogen-bond donors (Lipinski definition) is 1. The lowest BCUT2D eigenvalue weighted by Crippen LogP contribution is -2.39. The highest BCUT2D eigenvalue weighted by Crippen LogP contribution is 2.55. The molecule has 0 unspecified atom stereocenters. The largest absolute Gasteiger partial charge is 0.328 e. The first kappa shape index (κ1) is 16.2. The van der Waals surface area contributed by atoms with E-state index >= 15 is 0 Å². The predicted molar refractivity (Wildman–Crippen MR) is 101 cm³/mol. The number of nitrogens with one attached hydrogen (secondary N) is 1. The molecule has 2 aliphatic rings. The molecule has 0 radical (unpaired) electrons. The Morgan fingerprint density at radius 1 is 1.05 bits per heavy atom. The molecule has 0 saturated heterocycles. The molecule has 1 aromatic rings. The number of aromatic amines is 1. The van der Waals surface area contributed by atoms with Gasteiger partial charge in [-0.3, -0.25) is 14.3 Å². The van der Waals surface area contributed by atoms with Gasteiger partial charge < -0.3 is 0 Å². The van der Waals surface area contributed by atoms with Gasteiger partial charge in [0, 0.05) is 16.6 Å². The van der Waals surface area contributed by atoms with Gasteiger partial charge in [-0.25, -0.2) is 4.79 Å². The molecule has 2 aliphatic heterocycles. The molecule has 116 valence electrons. The van der Waals surface area contributed by atoms with E-state index in [9.17, 15) is 9.59 Å². The highest BCUT2D eigenvalue weighted by Gasteiger charge is 2.23. The van der Waals surface area contributed by atoms with Crippen molar-refractivity contribution in [1.29, 1.82) is 0 Å². The maximum atomic E-state index is 12.2. The van der Waals surface area contributed by atoms with Crippen molar-refractivity contribution in [3.63, 3.8) is 0 Å². The van der Waals surface area contributed by atoms with Gasteiger partial charge in [-0.05, 0) is 37.0 Å². The van der Waals surface area contributed by atoms with Gasteiger partial charge in [-0.15, -0.1) is 0 Å². The van der Waals surface area contributed by atoms with Crippen molar-refractivity contribution >= 4 is 52.0 Å². The highest BCUT2D eigenvalue weighted by atomic mass is 32.2. The zero-order valence-electron chi connectivity index (χ0n) is 12.2. The third-order valence-corrected chi connectivity index (χ3v) is 8.03. The minimum atomic E-state index is -0.380. The molecule has 3 rings (SSSR count). The molecule has 1 aromatic heterocycles. The normalized spacial score (nSPS) is 18.2. The van der Waals surface area contributed by atoms with E-state index in [1.807, 2.05) is 26.2 Å². The lowest BCUT2D eigenvalue weighted by Gasteiger charge is -2.22. The molecule has 3 heterocycles. The van der Waals surface area contributed by atoms with Gasteiger partial charge in [0.05, 0.1) is 14.0 Å². The van der Waals surface area contributed by atoms with Crippen LogP contribution in [-0.4, -0.2) is 9.55 Å². The lowest BCUT2D eigenvalue weighted by atomic mass is 10.1. The Hall–Kier alpha value is -0.700. The van der Waals surface area contributed by atoms with Crippen molar-refractivity contribution in [1.82, 2.24) is 9.55 Å². The van der Waals surface area contributed by atoms with Gasteiger partial charge in [-0.2, -0.15) is 0 Å². The molecular weight excluding hydrogens is 356 g/mol. The molecule has 0 aromatic carbocycles. The van der Waals surface area contributed by atoms with Gasteiger partial charge in [0.15, 0.2) is 0 Å². The standard InChI is InChI=1S/C14H14N2O2S4/c1-14(2,3)16-6-8(10(17)15-13(16)18)9-7-21-12(22-9)11-19-4-5-20-11/h4-7H,1-3H3,(H,15,17,18). The van der Waals surface area contributed by atoms with Crippen LogP contribution in [-0.2, 0) is 5.54 Å². The summed E-state index contributed by atoms with van der Waals surface area (Å²) in [5, 5.41) is 6.09. The van der Waals surface area contributed by atoms with Crippen LogP contribution in [0.1, 0.15) is 26.3 Å². The third kappa shape index (κ3) is 3.15. The molecule has 0 atom stereocenters. The van der Waals surface area contributed by atoms with Crippen LogP contribution in [0.5, 0.6) is 0 Å². The van der Waals surface area contributed by atoms with Crippen molar-refractivity contribution in [2.75, 3.05) is 0 Å². The summed E-state index contributed by atoms with van der Waals surface area (Å²) in [7, 11) is 0. The Bertz CT molecular complexity index is 814. The van der Waals surface area contributed by atoms with Crippen molar-refractivity contribution in [3.05, 3.63) is 57.3 Å². The zero-order valence-corrected chi connectivity index (χ0v) is 15.5. The van der Waals surface area contributed by atoms with Crippen molar-refractivity contribution in [2.45, 2.75) is 26.3 Å². The SMILES string of the molecule is CC(C)(C)n1cc(C2=CSC(=C3SC=CS3)S2)c(=O)[nH]c1=O. The van der Waals surface area contributed by atoms with Crippen molar-refractivity contribution < 1.29 is 0 Å². The van der Waals surface area contributed by atoms with Crippen molar-refractivity contribution in [3.8, 4) is 0 Å². The van der Waals surface area contributed by atoms with E-state index in [1.54, 1.807) is 57.8 Å². The smallest absolute Gasteiger partial charge is 0.295 e. The molecule has 8 heteroatoms. The second-order valence-electron chi connectivity index (χ2n) is 5.63. The molecule has 0 saturated carbocycles. The Labute approximate surface area is 144 Å². The van der Waals surface area contributed by atoms with E-state index in [2.05, 4.69) is 15.8 Å². The minimum absolute atomic E-state index is 0.332. The van der Waals surface area contributed by atoms with Crippen LogP contribution in [0.25, 0.3) is 4.91 Å². The Kier molecular flexibility index (Phi) is 4.46. The number of aromatic nitrogens is 2. The number of thioether (sulfide) groups is 4. The van der Waals surface area contributed by atoms with Gasteiger partial charge in [0.25, 0.3) is 5.56 Å². The van der Waals surface area contributed by atoms with E-state index in [4.69, 9.17) is 0 Å². The Balaban J connectivity index is 1.98. The monoisotopic (exact) mass is 370 g/mol. The molecule has 0 amide bonds. The Morgan fingerprint density at radius 2 is 1.73 bits per heavy atom. The molecule has 4 nitrogen and oxygen atoms in total. The average Bonchev–Trinajstić information content (AvgIpc) is 3.08. The van der Waals surface area contributed by atoms with Crippen LogP contribution in [0.4, 0.5) is 0 Å². The number of nitrogens with zero attached hydrogens (tertiary/aromatic N) is 1. The van der Waals surface area contributed by atoms with E-state index in [-0.39, 0.29) is 16.8 Å². The van der Waals surface area contributed by atoms with E-state index in [0.717, 1.165) is 4.91 Å². The van der Waals surface area contributed by atoms with Crippen LogP contribution in [0, 0.1) is 0 Å². The van der Waals surface area contributed by atoms with Crippen LogP contribution >= 0.6 is 47.0 Å². The number of rotatable bonds is 1. The van der Waals surface area contributed by atoms with Crippen LogP contribution < -0.4 is 11.2 Å². The summed E-state index contributed by atoms with van der Waals surface area (Å²) in [5.74, 6) is 0. The number of hydrogen-bond acceptors (Lipinski definition) is 6. The van der Waals surface area contributed by atoms with Gasteiger partial charge >= 0.3 is 5.69 Å². The van der Waals surface area contributed by atoms with Crippen LogP contribution in [0.2, 0.25) is 0 Å². The highest BCUT2D eigenvalue weighted by molar-refractivity contribution is 8.35. The quantitative estimate of drug-likeness (QED) is 0.801. The lowest BCUT2D eigenvalue weighted by molar-refractivity contribution is 0.376. The van der Waals surface area contributed by atoms with Crippen molar-refractivity contribution in [2.24, 2.45) is 0 Å². The first-order valence-electron chi connectivity index (χ1n) is 6.50. The fourth-order valence-corrected chi connectivity index (χ4v) is 6.39. The molecule has 0 spiro atoms. The summed E-state index contributed by atoms with van der Waals surface area (Å²) >= 11 is 6.61. The predicted octanol–water partition coefficient (Wildman–Crippen LogP) is 4.15. The minimum Gasteiger partial charge on any atom is -0.295 e. The Morgan fingerprint density at radius 3 is 2.36 bits per heavy atom. The molecule has 22 heavy (non-hydrogen) atoms. The summed E-state index contributed by atoms with van der Waals surface area (Å²) in [6.45, 7) is 5.81. The van der Waals surface area contributed by atoms with Crippen LogP contribution in [0.3, 0.4) is 0 Å². The fraction of sp³-hybridized carbons (Fsp3) is 0.286. The topological polar surface area (TPSA) is 54.9 Å². The first-order valence-corrected chi connectivity index (χ1v) is 9.96. The molecule has 0 aliphatic carbocycles. The summed E-state index contributed by atoms with van der Waals surface area (Å²) in [5.41, 5.74) is -0.540. The molecule has 1 N–H and O–H groups in total. The first-order chi connectivity index (χ1) is 10.4. The van der Waals surface area contributed by atoms with Gasteiger partial charge in [0.2, 0.25) is 0 Å². The van der Waals surface area contributed by atoms with E-state index in [1.165, 1.54) is 8.47 Å². The summed E-state index contributed by atoms with van der Waals surface area (Å²) in [6, 6.07) is 0. The second kappa shape index (κ2) is 6.07. The van der Waals surface area contributed by atoms with Crippen LogP contribution in [0.15, 0.2) is 40.5 Å². The second-order valence-corrected chi connectivity index (χ2v) is 9.91. The maximum absolute atomic E-state index is 12.2. The van der Waals surface area contributed by atoms with Gasteiger partial charge in [-0.1, -0.05) is 47.0 Å². The number of H-pyrrole nitrogens is 1. The third-order valence-electron chi connectivity index (χ3n) is 2.98. The average molecular weight is 371 g/mol. The maximum Gasteiger partial charge on any atom is 0.328 e. The van der Waals surface area contributed by atoms with E-state index in [0.29, 0.717) is 5.56 Å². The van der Waals surface area contributed by atoms with Gasteiger partial charge in [0.1, 0.15) is 0 Å². The summed E-state index contributed by atoms with van der Waals surface area (Å²) in [6.07, 6.45) is 1.67. The zero-order chi connectivity index (χ0) is 15.9. The molecule has 0 bridgehead atoms. The fourth-order valence-electron chi connectivity index (χ4n) is 1.91. The summed E-state index contributed by atoms with van der Waals surface area (Å²) in [4.78, 5) is 27.5. The van der Waals surface area contributed by atoms with E-state index < -0.39 is 0 Å². The molecule has 0 fully saturated rings. The molecular formula is C14H14N2O2S4. The summed E-state index contributed by atoms with van der Waals surface area (Å²) < 4.78 is 3.99.